The van der Waals surface area contributed by atoms with Gasteiger partial charge in [0, 0.05) is 17.1 Å². The number of nitrogens with zero attached hydrogens (tertiary/aromatic N) is 3. The van der Waals surface area contributed by atoms with E-state index in [1.165, 1.54) is 30.3 Å². The number of amides is 1. The van der Waals surface area contributed by atoms with Gasteiger partial charge in [0.15, 0.2) is 11.9 Å². The third-order valence-corrected chi connectivity index (χ3v) is 5.49. The van der Waals surface area contributed by atoms with E-state index in [-0.39, 0.29) is 35.9 Å². The summed E-state index contributed by atoms with van der Waals surface area (Å²) in [6, 6.07) is 8.63. The lowest BCUT2D eigenvalue weighted by molar-refractivity contribution is -0.207. The molecule has 2 atom stereocenters. The fraction of sp³-hybridized carbons (Fsp3) is 0.318. The Balaban J connectivity index is 0.00000507. The molecule has 0 radical (unpaired) electrons. The van der Waals surface area contributed by atoms with Crippen molar-refractivity contribution in [2.45, 2.75) is 37.6 Å². The Kier molecular flexibility index (Phi) is 10.00. The molecule has 0 aliphatic carbocycles. The van der Waals surface area contributed by atoms with Crippen LogP contribution in [0.4, 0.5) is 26.3 Å². The minimum Gasteiger partial charge on any atom is -0.382 e. The number of aliphatic hydroxyl groups is 1. The minimum atomic E-state index is -5.03. The van der Waals surface area contributed by atoms with E-state index < -0.39 is 54.7 Å². The largest absolute Gasteiger partial charge is 0.416 e. The van der Waals surface area contributed by atoms with Gasteiger partial charge in [0.05, 0.1) is 18.2 Å². The average molecular weight is 588 g/mol. The molecule has 38 heavy (non-hydrogen) atoms. The summed E-state index contributed by atoms with van der Waals surface area (Å²) in [4.78, 5) is 25.5. The van der Waals surface area contributed by atoms with Crippen LogP contribution in [0.1, 0.15) is 17.2 Å². The number of nitrogens with one attached hydrogen (secondary N) is 1. The maximum atomic E-state index is 13.0. The summed E-state index contributed by atoms with van der Waals surface area (Å²) >= 11 is 5.83. The number of benzene rings is 2. The molecule has 1 heterocycles. The Morgan fingerprint density at radius 2 is 1.74 bits per heavy atom. The van der Waals surface area contributed by atoms with Crippen molar-refractivity contribution in [2.75, 3.05) is 6.54 Å². The van der Waals surface area contributed by atoms with E-state index in [1.807, 2.05) is 0 Å². The molecule has 0 aliphatic rings. The number of hydrogen-bond donors (Lipinski definition) is 3. The summed E-state index contributed by atoms with van der Waals surface area (Å²) in [6.45, 7) is -2.27. The molecule has 0 fully saturated rings. The number of alkyl halides is 6. The lowest BCUT2D eigenvalue weighted by Crippen LogP contribution is -2.40. The predicted octanol–water partition coefficient (Wildman–Crippen LogP) is 3.55. The second-order valence-electron chi connectivity index (χ2n) is 7.92. The molecule has 208 valence electrons. The van der Waals surface area contributed by atoms with Gasteiger partial charge >= 0.3 is 18.0 Å². The van der Waals surface area contributed by atoms with Gasteiger partial charge < -0.3 is 16.2 Å². The summed E-state index contributed by atoms with van der Waals surface area (Å²) < 4.78 is 79.1. The van der Waals surface area contributed by atoms with E-state index in [1.54, 1.807) is 0 Å². The molecular weight excluding hydrogens is 567 g/mol. The Hall–Kier alpha value is -3.07. The molecule has 2 aromatic carbocycles. The van der Waals surface area contributed by atoms with Gasteiger partial charge in [-0.25, -0.2) is 9.48 Å². The Morgan fingerprint density at radius 1 is 1.11 bits per heavy atom. The third kappa shape index (κ3) is 7.49. The standard InChI is InChI=1S/C22H20ClF6N5O3.ClH/c23-15-6-4-12(5-7-15)19-32-34(20(37)33(19)10-17(35)22(27,28)29)11-18(36)31-16(9-30)13-2-1-3-14(8-13)21(24,25)26;/h1-8,16-17,35H,9-11,30H2,(H,31,36);1H/t16?,17-;/m0./s1. The topological polar surface area (TPSA) is 115 Å². The average Bonchev–Trinajstić information content (AvgIpc) is 3.11. The van der Waals surface area contributed by atoms with Crippen molar-refractivity contribution >= 4 is 29.9 Å². The molecule has 0 spiro atoms. The van der Waals surface area contributed by atoms with Gasteiger partial charge in [-0.3, -0.25) is 9.36 Å². The summed E-state index contributed by atoms with van der Waals surface area (Å²) in [6.07, 6.45) is -12.6. The lowest BCUT2D eigenvalue weighted by atomic mass is 10.0. The molecule has 1 amide bonds. The predicted molar refractivity (Wildman–Crippen MR) is 128 cm³/mol. The zero-order valence-electron chi connectivity index (χ0n) is 19.1. The molecule has 3 rings (SSSR count). The lowest BCUT2D eigenvalue weighted by Gasteiger charge is -2.18. The van der Waals surface area contributed by atoms with Crippen molar-refractivity contribution in [1.29, 1.82) is 0 Å². The van der Waals surface area contributed by atoms with Crippen molar-refractivity contribution in [3.63, 3.8) is 0 Å². The fourth-order valence-electron chi connectivity index (χ4n) is 3.38. The zero-order valence-corrected chi connectivity index (χ0v) is 20.7. The number of rotatable bonds is 8. The zero-order chi connectivity index (χ0) is 27.5. The Bertz CT molecular complexity index is 1310. The quantitative estimate of drug-likeness (QED) is 0.349. The highest BCUT2D eigenvalue weighted by atomic mass is 35.5. The van der Waals surface area contributed by atoms with Crippen LogP contribution < -0.4 is 16.7 Å². The van der Waals surface area contributed by atoms with Gasteiger partial charge in [-0.05, 0) is 42.0 Å². The third-order valence-electron chi connectivity index (χ3n) is 5.24. The molecule has 1 aromatic heterocycles. The minimum absolute atomic E-state index is 0. The summed E-state index contributed by atoms with van der Waals surface area (Å²) in [5.74, 6) is -1.16. The van der Waals surface area contributed by atoms with Crippen LogP contribution in [0, 0.1) is 0 Å². The van der Waals surface area contributed by atoms with Gasteiger partial charge in [0.2, 0.25) is 5.91 Å². The normalized spacial score (nSPS) is 13.5. The van der Waals surface area contributed by atoms with Gasteiger partial charge in [0.25, 0.3) is 0 Å². The van der Waals surface area contributed by atoms with Crippen molar-refractivity contribution in [2.24, 2.45) is 5.73 Å². The Labute approximate surface area is 222 Å². The van der Waals surface area contributed by atoms with Crippen LogP contribution in [-0.4, -0.2) is 44.2 Å². The van der Waals surface area contributed by atoms with E-state index in [4.69, 9.17) is 17.3 Å². The SMILES string of the molecule is Cl.NCC(NC(=O)Cn1nc(-c2ccc(Cl)cc2)n(C[C@H](O)C(F)(F)F)c1=O)c1cccc(C(F)(F)F)c1. The van der Waals surface area contributed by atoms with Crippen LogP contribution in [0.5, 0.6) is 0 Å². The monoisotopic (exact) mass is 587 g/mol. The van der Waals surface area contributed by atoms with Gasteiger partial charge in [0.1, 0.15) is 6.54 Å². The molecular formula is C22H21Cl2F6N5O3. The van der Waals surface area contributed by atoms with Crippen molar-refractivity contribution in [3.8, 4) is 11.4 Å². The van der Waals surface area contributed by atoms with E-state index in [0.29, 0.717) is 14.3 Å². The van der Waals surface area contributed by atoms with Crippen LogP contribution in [0.2, 0.25) is 5.02 Å². The van der Waals surface area contributed by atoms with E-state index in [9.17, 15) is 41.0 Å². The molecule has 0 saturated carbocycles. The first-order chi connectivity index (χ1) is 17.2. The Morgan fingerprint density at radius 3 is 2.29 bits per heavy atom. The van der Waals surface area contributed by atoms with Crippen molar-refractivity contribution < 1.29 is 36.2 Å². The van der Waals surface area contributed by atoms with Gasteiger partial charge in [-0.15, -0.1) is 17.5 Å². The number of carbonyl (C=O) groups excluding carboxylic acids is 1. The highest BCUT2D eigenvalue weighted by Crippen LogP contribution is 2.30. The number of carbonyl (C=O) groups is 1. The number of aliphatic hydroxyl groups excluding tert-OH is 1. The van der Waals surface area contributed by atoms with Crippen LogP contribution in [0.3, 0.4) is 0 Å². The summed E-state index contributed by atoms with van der Waals surface area (Å²) in [5.41, 5.74) is 3.76. The second-order valence-corrected chi connectivity index (χ2v) is 8.35. The molecule has 3 aromatic rings. The molecule has 0 bridgehead atoms. The first kappa shape index (κ1) is 31.1. The molecule has 8 nitrogen and oxygen atoms in total. The number of nitrogens with two attached hydrogens (primary N) is 1. The van der Waals surface area contributed by atoms with Gasteiger partial charge in [-0.1, -0.05) is 23.7 Å². The second kappa shape index (κ2) is 12.2. The first-order valence-corrected chi connectivity index (χ1v) is 10.9. The van der Waals surface area contributed by atoms with E-state index >= 15 is 0 Å². The smallest absolute Gasteiger partial charge is 0.382 e. The molecule has 4 N–H and O–H groups in total. The summed E-state index contributed by atoms with van der Waals surface area (Å²) in [5, 5.41) is 16.1. The molecule has 1 unspecified atom stereocenters. The van der Waals surface area contributed by atoms with Crippen LogP contribution in [-0.2, 0) is 24.1 Å². The van der Waals surface area contributed by atoms with Gasteiger partial charge in [-0.2, -0.15) is 26.3 Å². The summed E-state index contributed by atoms with van der Waals surface area (Å²) in [7, 11) is 0. The number of hydrogen-bond acceptors (Lipinski definition) is 5. The van der Waals surface area contributed by atoms with Crippen LogP contribution in [0.25, 0.3) is 11.4 Å². The molecule has 0 aliphatic heterocycles. The van der Waals surface area contributed by atoms with Crippen molar-refractivity contribution in [1.82, 2.24) is 19.7 Å². The molecule has 0 saturated heterocycles. The highest BCUT2D eigenvalue weighted by Gasteiger charge is 2.39. The highest BCUT2D eigenvalue weighted by molar-refractivity contribution is 6.30. The van der Waals surface area contributed by atoms with Crippen LogP contribution in [0.15, 0.2) is 53.3 Å². The fourth-order valence-corrected chi connectivity index (χ4v) is 3.51. The number of halogens is 8. The number of aromatic nitrogens is 3. The first-order valence-electron chi connectivity index (χ1n) is 10.6. The maximum absolute atomic E-state index is 13.0. The van der Waals surface area contributed by atoms with Crippen LogP contribution >= 0.6 is 24.0 Å². The van der Waals surface area contributed by atoms with E-state index in [2.05, 4.69) is 10.4 Å². The van der Waals surface area contributed by atoms with E-state index in [0.717, 1.165) is 18.2 Å². The van der Waals surface area contributed by atoms with Crippen molar-refractivity contribution in [3.05, 3.63) is 75.2 Å². The maximum Gasteiger partial charge on any atom is 0.416 e. The molecule has 16 heteroatoms.